The molecule has 0 bridgehead atoms. The van der Waals surface area contributed by atoms with E-state index in [-0.39, 0.29) is 221 Å². The molecule has 0 aromatic heterocycles. The van der Waals surface area contributed by atoms with Gasteiger partial charge in [0.2, 0.25) is 11.8 Å². The summed E-state index contributed by atoms with van der Waals surface area (Å²) < 4.78 is 23.8. The van der Waals surface area contributed by atoms with Crippen molar-refractivity contribution in [3.63, 3.8) is 0 Å². The van der Waals surface area contributed by atoms with Crippen molar-refractivity contribution in [2.45, 2.75) is 148 Å². The number of methoxy groups -OCH3 is 2. The van der Waals surface area contributed by atoms with E-state index in [2.05, 4.69) is 54.3 Å². The van der Waals surface area contributed by atoms with Gasteiger partial charge in [0.05, 0.1) is 79.3 Å². The third-order valence-electron chi connectivity index (χ3n) is 18.8. The Morgan fingerprint density at radius 1 is 0.540 bits per heavy atom. The van der Waals surface area contributed by atoms with Gasteiger partial charge in [0.25, 0.3) is 24.2 Å². The van der Waals surface area contributed by atoms with Gasteiger partial charge in [-0.3, -0.25) is 58.4 Å². The van der Waals surface area contributed by atoms with E-state index in [4.69, 9.17) is 39.0 Å². The number of fused-ring (bicyclic) bond motifs is 12. The zero-order chi connectivity index (χ0) is 77.7. The van der Waals surface area contributed by atoms with Gasteiger partial charge in [-0.15, -0.1) is 0 Å². The Balaban J connectivity index is 0.000000318. The predicted octanol–water partition coefficient (Wildman–Crippen LogP) is 9.94. The number of rotatable bonds is 23. The minimum atomic E-state index is -0.183. The Morgan fingerprint density at radius 2 is 0.894 bits per heavy atom. The zero-order valence-electron chi connectivity index (χ0n) is 64.7. The zero-order valence-corrected chi connectivity index (χ0v) is 73.2. The Kier molecular flexibility index (Phi) is 35.4. The van der Waals surface area contributed by atoms with Crippen LogP contribution in [0.5, 0.6) is 28.7 Å². The first kappa shape index (κ1) is 93.3. The van der Waals surface area contributed by atoms with Crippen LogP contribution in [0.1, 0.15) is 145 Å². The Labute approximate surface area is 762 Å². The number of anilines is 5. The number of carbonyl (C=O) groups excluding carboxylic acids is 6. The number of benzene rings is 8. The number of phenols is 1. The first-order valence-corrected chi connectivity index (χ1v) is 40.2. The number of para-hydroxylation sites is 3. The van der Waals surface area contributed by atoms with Crippen molar-refractivity contribution in [2.24, 2.45) is 15.0 Å². The van der Waals surface area contributed by atoms with E-state index in [0.29, 0.717) is 99.2 Å². The number of amides is 5. The molecule has 6 aliphatic heterocycles. The fourth-order valence-electron chi connectivity index (χ4n) is 13.6. The van der Waals surface area contributed by atoms with Crippen molar-refractivity contribution in [1.82, 2.24) is 0 Å². The van der Waals surface area contributed by atoms with Gasteiger partial charge in [-0.1, -0.05) is 119 Å². The van der Waals surface area contributed by atoms with E-state index in [1.165, 1.54) is 13.2 Å². The second kappa shape index (κ2) is 42.8. The molecule has 23 nitrogen and oxygen atoms in total. The molecular formula is C84H94K2N8O15S4. The van der Waals surface area contributed by atoms with Crippen LogP contribution in [-0.2, 0) is 65.0 Å². The number of ether oxygens (including phenoxy) is 4. The summed E-state index contributed by atoms with van der Waals surface area (Å²) in [6.07, 6.45) is 14.0. The largest absolute Gasteiger partial charge is 1.00 e. The number of aliphatic hydroxyl groups is 2. The van der Waals surface area contributed by atoms with Crippen molar-refractivity contribution in [3.05, 3.63) is 207 Å². The van der Waals surface area contributed by atoms with Gasteiger partial charge < -0.3 is 56.5 Å². The number of aryl methyl sites for hydroxylation is 1. The SMILES string of the molecule is C.C.COc1cc2c(cc1O)N=C[C@@H]1Cc3ccccc3N1C2=O.COc1cc2c(cc1OCc1cc(COc3cc4c(cc3C)C(=O)N3c5ccccc5C[C@H]3C=N4)cc(NC(=O)CCC(C)(C)SSC)c1)N=C[C@@H]1Cc3ccccc3N1C2=O.CSSC(C)(C)CCC(=O)Nc1cc(CO)cc(CO)c1.O=CO[O-].[H-].[K+].[K+]. The normalized spacial score (nSPS) is 15.2. The molecule has 8 aromatic carbocycles. The number of nitrogens with one attached hydrogen (secondary N) is 2. The maximum absolute atomic E-state index is 14.0. The van der Waals surface area contributed by atoms with Crippen LogP contribution in [0.3, 0.4) is 0 Å². The van der Waals surface area contributed by atoms with Crippen molar-refractivity contribution < 1.29 is 177 Å². The molecule has 113 heavy (non-hydrogen) atoms. The van der Waals surface area contributed by atoms with Crippen LogP contribution >= 0.6 is 43.2 Å². The maximum atomic E-state index is 14.0. The maximum Gasteiger partial charge on any atom is 1.00 e. The average Bonchev–Trinajstić information content (AvgIpc) is 1.62. The number of nitrogens with zero attached hydrogens (tertiary/aromatic N) is 6. The molecule has 0 spiro atoms. The summed E-state index contributed by atoms with van der Waals surface area (Å²) in [4.78, 5) is 96.8. The van der Waals surface area contributed by atoms with Crippen LogP contribution in [-0.4, -0.2) is 124 Å². The van der Waals surface area contributed by atoms with E-state index in [9.17, 15) is 39.3 Å². The fourth-order valence-corrected chi connectivity index (χ4v) is 18.1. The number of aliphatic imine (C=N–C) groups is 3. The van der Waals surface area contributed by atoms with E-state index in [1.807, 2.05) is 134 Å². The molecule has 5 N–H and O–H groups in total. The van der Waals surface area contributed by atoms with Gasteiger partial charge >= 0.3 is 103 Å². The van der Waals surface area contributed by atoms with Gasteiger partial charge in [-0.2, -0.15) is 0 Å². The molecule has 29 heteroatoms. The summed E-state index contributed by atoms with van der Waals surface area (Å²) in [5.41, 5.74) is 14.0. The molecule has 6 heterocycles. The smallest absolute Gasteiger partial charge is 1.00 e. The molecule has 0 saturated heterocycles. The van der Waals surface area contributed by atoms with Crippen LogP contribution in [0.25, 0.3) is 0 Å². The molecule has 586 valence electrons. The fraction of sp³-hybridized carbons (Fsp3) is 0.321. The summed E-state index contributed by atoms with van der Waals surface area (Å²) in [6.45, 7) is 10.3. The number of hydrogen-bond acceptors (Lipinski definition) is 22. The molecule has 5 amide bonds. The monoisotopic (exact) mass is 1660 g/mol. The van der Waals surface area contributed by atoms with Crippen LogP contribution in [0.2, 0.25) is 0 Å². The van der Waals surface area contributed by atoms with E-state index < -0.39 is 0 Å². The first-order valence-electron chi connectivity index (χ1n) is 35.1. The Morgan fingerprint density at radius 3 is 1.28 bits per heavy atom. The standard InChI is InChI=1S/C49H47N5O6S2.C17H14N2O3.C15H23NO3S2.CH2O3.2CH4.2K.H/c1-29-16-37-39(50-25-35-20-32-10-6-8-12-41(32)53(35)47(37)56)23-43(29)59-27-30-17-31(19-34(18-30)52-46(55)14-15-49(2,3)62-61-5)28-60-45-24-40-38(22-44(45)58-4)48(57)54-36(26-51-40)21-33-11-7-9-13-42(33)54;1-22-16-7-12-13(8-15(16)20)18-9-11-6-10-4-2-3-5-14(10)19(11)17(12)21;1-15(2,21-20-3)5-4-14(19)16-13-7-11(9-17)6-12(8-13)10-18;2-1-4-3;;;;;/h6-13,16-19,22-26,35-36H,14-15,20-21,27-28H2,1-5H3,(H,52,55);2-5,7-9,11,20H,6H2,1H3;6-8,17-18H,4-5,9-10H2,1-3H3,(H,16,19);1,3H;2*1H4;;;/q;;;;;;2*+1;-1/p-1/t35-,36-;11-;;;;;;;/m00......./s1. The van der Waals surface area contributed by atoms with Crippen LogP contribution in [0.15, 0.2) is 161 Å². The third kappa shape index (κ3) is 23.1. The van der Waals surface area contributed by atoms with Crippen LogP contribution in [0, 0.1) is 6.92 Å². The summed E-state index contributed by atoms with van der Waals surface area (Å²) in [5, 5.41) is 42.6. The summed E-state index contributed by atoms with van der Waals surface area (Å²) in [6, 6.07) is 44.5. The average molecular weight is 1660 g/mol. The second-order valence-electron chi connectivity index (χ2n) is 27.5. The first-order chi connectivity index (χ1) is 52.5. The molecule has 8 aromatic rings. The number of aliphatic hydroxyl groups excluding tert-OH is 2. The predicted molar refractivity (Wildman–Crippen MR) is 447 cm³/mol. The molecule has 3 atom stereocenters. The molecule has 0 radical (unpaired) electrons. The van der Waals surface area contributed by atoms with Gasteiger partial charge in [0, 0.05) is 107 Å². The van der Waals surface area contributed by atoms with E-state index in [1.54, 1.807) is 103 Å². The molecule has 0 unspecified atom stereocenters. The number of phenolic OH excluding ortho intramolecular Hbond substituents is 1. The van der Waals surface area contributed by atoms with Crippen molar-refractivity contribution in [3.8, 4) is 28.7 Å². The van der Waals surface area contributed by atoms with E-state index >= 15 is 0 Å². The van der Waals surface area contributed by atoms with Gasteiger partial charge in [0.15, 0.2) is 23.0 Å². The number of hydrogen-bond donors (Lipinski definition) is 5. The topological polar surface area (TPSA) is 303 Å². The molecule has 14 rings (SSSR count). The van der Waals surface area contributed by atoms with Crippen molar-refractivity contribution in [1.29, 1.82) is 0 Å². The van der Waals surface area contributed by atoms with Gasteiger partial charge in [-0.25, -0.2) is 0 Å². The van der Waals surface area contributed by atoms with Gasteiger partial charge in [0.1, 0.15) is 19.0 Å². The second-order valence-corrected chi connectivity index (χ2v) is 33.7. The third-order valence-corrected chi connectivity index (χ3v) is 24.2. The summed E-state index contributed by atoms with van der Waals surface area (Å²) >= 11 is 0. The number of aromatic hydroxyl groups is 1. The van der Waals surface area contributed by atoms with Crippen LogP contribution < -0.4 is 152 Å². The summed E-state index contributed by atoms with van der Waals surface area (Å²) in [5.74, 6) is 1.20. The minimum Gasteiger partial charge on any atom is -1.00 e. The molecule has 0 aliphatic carbocycles. The number of carbonyl (C=O) groups is 6. The Hall–Kier alpha value is -6.86. The molecular weight excluding hydrogens is 1570 g/mol. The van der Waals surface area contributed by atoms with E-state index in [0.717, 1.165) is 69.7 Å². The quantitative estimate of drug-likeness (QED) is 0.0131. The van der Waals surface area contributed by atoms with Gasteiger partial charge in [-0.05, 0) is 171 Å². The molecule has 0 saturated carbocycles. The van der Waals surface area contributed by atoms with Crippen molar-refractivity contribution in [2.75, 3.05) is 52.1 Å². The van der Waals surface area contributed by atoms with Crippen molar-refractivity contribution >= 4 is 143 Å². The Bertz CT molecular complexity index is 4840. The minimum absolute atomic E-state index is 0. The molecule has 0 fully saturated rings. The van der Waals surface area contributed by atoms with Crippen LogP contribution in [0.4, 0.5) is 45.5 Å². The summed E-state index contributed by atoms with van der Waals surface area (Å²) in [7, 11) is 9.92. The molecule has 6 aliphatic rings.